The number of carbonyl (C=O) groups excluding carboxylic acids is 1. The molecule has 0 radical (unpaired) electrons. The summed E-state index contributed by atoms with van der Waals surface area (Å²) in [5, 5.41) is 0.744. The average Bonchev–Trinajstić information content (AvgIpc) is 2.92. The highest BCUT2D eigenvalue weighted by molar-refractivity contribution is 7.88. The number of methoxy groups -OCH3 is 1. The monoisotopic (exact) mass is 338 g/mol. The summed E-state index contributed by atoms with van der Waals surface area (Å²) in [6.07, 6.45) is 1.17. The first kappa shape index (κ1) is 15.8. The first-order valence-electron chi connectivity index (χ1n) is 7.21. The van der Waals surface area contributed by atoms with Gasteiger partial charge in [0.25, 0.3) is 5.91 Å². The van der Waals surface area contributed by atoms with E-state index in [1.165, 1.54) is 17.7 Å². The smallest absolute Gasteiger partial charge is 0.293 e. The fourth-order valence-corrected chi connectivity index (χ4v) is 3.56. The molecule has 0 spiro atoms. The number of benzene rings is 1. The van der Waals surface area contributed by atoms with Crippen molar-refractivity contribution in [3.8, 4) is 5.75 Å². The molecule has 1 aromatic heterocycles. The number of furan rings is 1. The van der Waals surface area contributed by atoms with Crippen LogP contribution in [0.5, 0.6) is 5.75 Å². The second-order valence-electron chi connectivity index (χ2n) is 5.41. The molecule has 0 saturated carbocycles. The van der Waals surface area contributed by atoms with Crippen LogP contribution in [0.4, 0.5) is 0 Å². The van der Waals surface area contributed by atoms with Gasteiger partial charge in [-0.2, -0.15) is 4.31 Å². The Balaban J connectivity index is 1.85. The first-order chi connectivity index (χ1) is 10.9. The van der Waals surface area contributed by atoms with Gasteiger partial charge in [0.15, 0.2) is 5.75 Å². The fourth-order valence-electron chi connectivity index (χ4n) is 2.73. The molecule has 3 rings (SSSR count). The molecule has 0 atom stereocenters. The molecule has 1 aliphatic rings. The van der Waals surface area contributed by atoms with Crippen LogP contribution in [0, 0.1) is 0 Å². The minimum Gasteiger partial charge on any atom is -0.492 e. The summed E-state index contributed by atoms with van der Waals surface area (Å²) in [6.45, 7) is 1.22. The van der Waals surface area contributed by atoms with Gasteiger partial charge in [0, 0.05) is 26.2 Å². The maximum Gasteiger partial charge on any atom is 0.293 e. The molecule has 0 aliphatic carbocycles. The number of hydrogen-bond donors (Lipinski definition) is 0. The van der Waals surface area contributed by atoms with Gasteiger partial charge in [0.2, 0.25) is 15.8 Å². The van der Waals surface area contributed by atoms with Crippen LogP contribution >= 0.6 is 0 Å². The van der Waals surface area contributed by atoms with Gasteiger partial charge in [-0.05, 0) is 12.1 Å². The Morgan fingerprint density at radius 2 is 1.83 bits per heavy atom. The second-order valence-corrected chi connectivity index (χ2v) is 7.40. The number of fused-ring (bicyclic) bond motifs is 1. The van der Waals surface area contributed by atoms with E-state index in [4.69, 9.17) is 9.15 Å². The summed E-state index contributed by atoms with van der Waals surface area (Å²) in [5.74, 6) is 0.281. The minimum absolute atomic E-state index is 0.154. The van der Waals surface area contributed by atoms with E-state index >= 15 is 0 Å². The zero-order chi connectivity index (χ0) is 16.6. The largest absolute Gasteiger partial charge is 0.492 e. The Bertz CT molecular complexity index is 835. The van der Waals surface area contributed by atoms with E-state index < -0.39 is 10.0 Å². The third-order valence-corrected chi connectivity index (χ3v) is 5.25. The molecule has 7 nitrogen and oxygen atoms in total. The van der Waals surface area contributed by atoms with Crippen molar-refractivity contribution in [2.45, 2.75) is 0 Å². The second kappa shape index (κ2) is 5.86. The highest BCUT2D eigenvalue weighted by Gasteiger charge is 2.30. The van der Waals surface area contributed by atoms with E-state index in [1.54, 1.807) is 11.0 Å². The van der Waals surface area contributed by atoms with Crippen LogP contribution in [-0.2, 0) is 10.0 Å². The lowest BCUT2D eigenvalue weighted by molar-refractivity contribution is 0.0664. The molecule has 1 aliphatic heterocycles. The van der Waals surface area contributed by atoms with E-state index in [1.807, 2.05) is 18.2 Å². The number of sulfonamides is 1. The van der Waals surface area contributed by atoms with Crippen molar-refractivity contribution in [1.29, 1.82) is 0 Å². The Labute approximate surface area is 134 Å². The number of nitrogens with zero attached hydrogens (tertiary/aromatic N) is 2. The first-order valence-corrected chi connectivity index (χ1v) is 9.06. The van der Waals surface area contributed by atoms with E-state index in [-0.39, 0.29) is 24.8 Å². The maximum absolute atomic E-state index is 12.7. The normalized spacial score (nSPS) is 16.7. The Morgan fingerprint density at radius 1 is 1.17 bits per heavy atom. The van der Waals surface area contributed by atoms with Crippen molar-refractivity contribution < 1.29 is 22.4 Å². The van der Waals surface area contributed by atoms with Crippen molar-refractivity contribution in [2.75, 3.05) is 39.5 Å². The van der Waals surface area contributed by atoms with Crippen LogP contribution in [0.15, 0.2) is 28.7 Å². The molecule has 1 aromatic carbocycles. The van der Waals surface area contributed by atoms with Gasteiger partial charge in [0.05, 0.1) is 18.8 Å². The predicted molar refractivity (Wildman–Crippen MR) is 85.1 cm³/mol. The summed E-state index contributed by atoms with van der Waals surface area (Å²) in [7, 11) is -1.73. The lowest BCUT2D eigenvalue weighted by Crippen LogP contribution is -2.50. The van der Waals surface area contributed by atoms with Gasteiger partial charge in [-0.15, -0.1) is 0 Å². The molecule has 0 unspecified atom stereocenters. The number of para-hydroxylation sites is 1. The highest BCUT2D eigenvalue weighted by Crippen LogP contribution is 2.33. The summed E-state index contributed by atoms with van der Waals surface area (Å²) in [6, 6.07) is 7.27. The number of piperazine rings is 1. The van der Waals surface area contributed by atoms with Crippen molar-refractivity contribution in [3.63, 3.8) is 0 Å². The Hall–Kier alpha value is -2.06. The van der Waals surface area contributed by atoms with Crippen LogP contribution in [-0.4, -0.2) is 63.1 Å². The summed E-state index contributed by atoms with van der Waals surface area (Å²) in [5.41, 5.74) is 0.586. The molecule has 8 heteroatoms. The minimum atomic E-state index is -3.23. The predicted octanol–water partition coefficient (Wildman–Crippen LogP) is 1.16. The van der Waals surface area contributed by atoms with Crippen LogP contribution in [0.25, 0.3) is 11.0 Å². The summed E-state index contributed by atoms with van der Waals surface area (Å²) in [4.78, 5) is 14.3. The van der Waals surface area contributed by atoms with Crippen molar-refractivity contribution in [2.24, 2.45) is 0 Å². The Morgan fingerprint density at radius 3 is 2.43 bits per heavy atom. The third-order valence-electron chi connectivity index (χ3n) is 3.94. The number of ether oxygens (including phenoxy) is 1. The molecule has 1 saturated heterocycles. The molecule has 0 bridgehead atoms. The molecule has 2 heterocycles. The van der Waals surface area contributed by atoms with Gasteiger partial charge in [-0.25, -0.2) is 8.42 Å². The standard InChI is InChI=1S/C15H18N2O5S/c1-21-13-11-5-3-4-6-12(11)22-14(13)15(18)16-7-9-17(10-8-16)23(2,19)20/h3-6H,7-10H2,1-2H3. The van der Waals surface area contributed by atoms with Gasteiger partial charge in [-0.3, -0.25) is 4.79 Å². The SMILES string of the molecule is COc1c(C(=O)N2CCN(S(C)(=O)=O)CC2)oc2ccccc12. The molecule has 1 fully saturated rings. The average molecular weight is 338 g/mol. The van der Waals surface area contributed by atoms with Gasteiger partial charge < -0.3 is 14.1 Å². The van der Waals surface area contributed by atoms with Crippen molar-refractivity contribution in [1.82, 2.24) is 9.21 Å². The van der Waals surface area contributed by atoms with Crippen LogP contribution in [0.2, 0.25) is 0 Å². The van der Waals surface area contributed by atoms with Gasteiger partial charge in [-0.1, -0.05) is 12.1 Å². The van der Waals surface area contributed by atoms with Crippen LogP contribution < -0.4 is 4.74 Å². The Kier molecular flexibility index (Phi) is 4.03. The van der Waals surface area contributed by atoms with Crippen LogP contribution in [0.3, 0.4) is 0 Å². The number of hydrogen-bond acceptors (Lipinski definition) is 5. The molecular weight excluding hydrogens is 320 g/mol. The molecule has 2 aromatic rings. The van der Waals surface area contributed by atoms with E-state index in [2.05, 4.69) is 0 Å². The van der Waals surface area contributed by atoms with E-state index in [0.29, 0.717) is 24.4 Å². The van der Waals surface area contributed by atoms with Gasteiger partial charge in [0.1, 0.15) is 5.58 Å². The van der Waals surface area contributed by atoms with Crippen LogP contribution in [0.1, 0.15) is 10.6 Å². The fraction of sp³-hybridized carbons (Fsp3) is 0.400. The lowest BCUT2D eigenvalue weighted by atomic mass is 10.2. The highest BCUT2D eigenvalue weighted by atomic mass is 32.2. The third kappa shape index (κ3) is 2.91. The van der Waals surface area contributed by atoms with Crippen molar-refractivity contribution in [3.05, 3.63) is 30.0 Å². The zero-order valence-corrected chi connectivity index (χ0v) is 13.8. The zero-order valence-electron chi connectivity index (χ0n) is 13.0. The summed E-state index contributed by atoms with van der Waals surface area (Å²) >= 11 is 0. The maximum atomic E-state index is 12.7. The quantitative estimate of drug-likeness (QED) is 0.839. The van der Waals surface area contributed by atoms with E-state index in [9.17, 15) is 13.2 Å². The van der Waals surface area contributed by atoms with Gasteiger partial charge >= 0.3 is 0 Å². The number of amides is 1. The molecule has 1 amide bonds. The molecule has 0 N–H and O–H groups in total. The number of carbonyl (C=O) groups is 1. The molecule has 124 valence electrons. The molecule has 23 heavy (non-hydrogen) atoms. The number of rotatable bonds is 3. The lowest BCUT2D eigenvalue weighted by Gasteiger charge is -2.32. The van der Waals surface area contributed by atoms with E-state index in [0.717, 1.165) is 5.39 Å². The summed E-state index contributed by atoms with van der Waals surface area (Å²) < 4.78 is 35.4. The topological polar surface area (TPSA) is 80.1 Å². The molecular formula is C15H18N2O5S. The van der Waals surface area contributed by atoms with Crippen molar-refractivity contribution >= 4 is 26.9 Å².